The van der Waals surface area contributed by atoms with Crippen LogP contribution in [0.5, 0.6) is 0 Å². The third kappa shape index (κ3) is 6.40. The normalized spacial score (nSPS) is 11.9. The van der Waals surface area contributed by atoms with Crippen molar-refractivity contribution >= 4 is 18.3 Å². The van der Waals surface area contributed by atoms with Crippen LogP contribution in [0.4, 0.5) is 0 Å². The van der Waals surface area contributed by atoms with Crippen LogP contribution in [0.25, 0.3) is 0 Å². The number of hydrogen-bond donors (Lipinski definition) is 1. The van der Waals surface area contributed by atoms with Gasteiger partial charge in [-0.25, -0.2) is 0 Å². The van der Waals surface area contributed by atoms with Gasteiger partial charge in [0.15, 0.2) is 0 Å². The Morgan fingerprint density at radius 2 is 1.75 bits per heavy atom. The average Bonchev–Trinajstić information content (AvgIpc) is 2.43. The Hall–Kier alpha value is -1.06. The lowest BCUT2D eigenvalue weighted by molar-refractivity contribution is -0.119. The van der Waals surface area contributed by atoms with E-state index in [9.17, 15) is 4.79 Å². The number of nitrogens with two attached hydrogens (primary N) is 1. The molecule has 0 spiro atoms. The zero-order chi connectivity index (χ0) is 14.1. The molecule has 0 aromatic heterocycles. The first-order valence-electron chi connectivity index (χ1n) is 7.25. The van der Waals surface area contributed by atoms with Crippen molar-refractivity contribution in [1.29, 1.82) is 0 Å². The summed E-state index contributed by atoms with van der Waals surface area (Å²) in [6, 6.07) is 9.85. The number of hydrogen-bond acceptors (Lipinski definition) is 2. The smallest absolute Gasteiger partial charge is 0.224 e. The lowest BCUT2D eigenvalue weighted by Gasteiger charge is -2.18. The second-order valence-electron chi connectivity index (χ2n) is 4.89. The zero-order valence-corrected chi connectivity index (χ0v) is 13.4. The summed E-state index contributed by atoms with van der Waals surface area (Å²) in [5.74, 6) is -0.355. The van der Waals surface area contributed by atoms with Gasteiger partial charge in [0.2, 0.25) is 5.91 Å². The Labute approximate surface area is 128 Å². The molecule has 1 rings (SSSR count). The second-order valence-corrected chi connectivity index (χ2v) is 4.89. The van der Waals surface area contributed by atoms with Gasteiger partial charge in [0.1, 0.15) is 0 Å². The van der Waals surface area contributed by atoms with E-state index in [-0.39, 0.29) is 24.2 Å². The van der Waals surface area contributed by atoms with Gasteiger partial charge in [0.05, 0.1) is 5.92 Å². The van der Waals surface area contributed by atoms with Crippen LogP contribution in [0, 0.1) is 0 Å². The minimum atomic E-state index is -0.214. The van der Waals surface area contributed by atoms with E-state index in [1.165, 1.54) is 0 Å². The fraction of sp³-hybridized carbons (Fsp3) is 0.562. The summed E-state index contributed by atoms with van der Waals surface area (Å²) in [6.45, 7) is 7.65. The van der Waals surface area contributed by atoms with Crippen molar-refractivity contribution in [3.8, 4) is 0 Å². The van der Waals surface area contributed by atoms with E-state index < -0.39 is 0 Å². The molecule has 0 heterocycles. The number of benzene rings is 1. The molecule has 20 heavy (non-hydrogen) atoms. The van der Waals surface area contributed by atoms with Crippen LogP contribution in [0.2, 0.25) is 0 Å². The van der Waals surface area contributed by atoms with Crippen LogP contribution >= 0.6 is 12.4 Å². The Morgan fingerprint density at radius 3 is 2.25 bits per heavy atom. The summed E-state index contributed by atoms with van der Waals surface area (Å²) in [5, 5.41) is 0. The topological polar surface area (TPSA) is 46.3 Å². The lowest BCUT2D eigenvalue weighted by atomic mass is 9.93. The number of rotatable bonds is 9. The molecule has 114 valence electrons. The van der Waals surface area contributed by atoms with Crippen molar-refractivity contribution in [3.05, 3.63) is 35.9 Å². The number of carbonyl (C=O) groups excluding carboxylic acids is 1. The molecule has 0 bridgehead atoms. The average molecular weight is 299 g/mol. The van der Waals surface area contributed by atoms with Crippen molar-refractivity contribution in [2.75, 3.05) is 19.6 Å². The van der Waals surface area contributed by atoms with Crippen molar-refractivity contribution < 1.29 is 4.79 Å². The number of primary amides is 1. The van der Waals surface area contributed by atoms with Gasteiger partial charge in [0, 0.05) is 0 Å². The number of halogens is 1. The van der Waals surface area contributed by atoms with Gasteiger partial charge < -0.3 is 10.6 Å². The van der Waals surface area contributed by atoms with Crippen molar-refractivity contribution in [1.82, 2.24) is 4.90 Å². The molecule has 1 unspecified atom stereocenters. The van der Waals surface area contributed by atoms with Gasteiger partial charge in [-0.05, 0) is 38.0 Å². The number of unbranched alkanes of at least 4 members (excludes halogenated alkanes) is 1. The molecule has 0 radical (unpaired) electrons. The molecule has 1 amide bonds. The first-order valence-corrected chi connectivity index (χ1v) is 7.25. The summed E-state index contributed by atoms with van der Waals surface area (Å²) in [6.07, 6.45) is 3.01. The molecule has 3 nitrogen and oxygen atoms in total. The SMILES string of the molecule is CCN(CC)CCCCC(C(N)=O)c1ccccc1.Cl. The Morgan fingerprint density at radius 1 is 1.15 bits per heavy atom. The third-order valence-electron chi connectivity index (χ3n) is 3.66. The van der Waals surface area contributed by atoms with E-state index in [1.54, 1.807) is 0 Å². The van der Waals surface area contributed by atoms with E-state index in [4.69, 9.17) is 5.73 Å². The summed E-state index contributed by atoms with van der Waals surface area (Å²) >= 11 is 0. The lowest BCUT2D eigenvalue weighted by Crippen LogP contribution is -2.25. The summed E-state index contributed by atoms with van der Waals surface area (Å²) in [4.78, 5) is 14.0. The summed E-state index contributed by atoms with van der Waals surface area (Å²) < 4.78 is 0. The molecule has 0 aliphatic heterocycles. The van der Waals surface area contributed by atoms with Gasteiger partial charge >= 0.3 is 0 Å². The van der Waals surface area contributed by atoms with Gasteiger partial charge in [0.25, 0.3) is 0 Å². The van der Waals surface area contributed by atoms with Crippen LogP contribution in [-0.4, -0.2) is 30.4 Å². The maximum absolute atomic E-state index is 11.6. The van der Waals surface area contributed by atoms with Gasteiger partial charge in [-0.3, -0.25) is 4.79 Å². The number of amides is 1. The fourth-order valence-electron chi connectivity index (χ4n) is 2.38. The predicted molar refractivity (Wildman–Crippen MR) is 87.3 cm³/mol. The highest BCUT2D eigenvalue weighted by atomic mass is 35.5. The molecule has 0 saturated carbocycles. The monoisotopic (exact) mass is 298 g/mol. The molecule has 0 saturated heterocycles. The molecule has 2 N–H and O–H groups in total. The molecule has 0 fully saturated rings. The van der Waals surface area contributed by atoms with E-state index >= 15 is 0 Å². The third-order valence-corrected chi connectivity index (χ3v) is 3.66. The Balaban J connectivity index is 0.00000361. The number of nitrogens with zero attached hydrogens (tertiary/aromatic N) is 1. The quantitative estimate of drug-likeness (QED) is 0.712. The maximum atomic E-state index is 11.6. The highest BCUT2D eigenvalue weighted by molar-refractivity contribution is 5.85. The number of carbonyl (C=O) groups is 1. The van der Waals surface area contributed by atoms with Gasteiger partial charge in [-0.1, -0.05) is 50.6 Å². The zero-order valence-electron chi connectivity index (χ0n) is 12.5. The minimum absolute atomic E-state index is 0. The van der Waals surface area contributed by atoms with Crippen LogP contribution in [-0.2, 0) is 4.79 Å². The molecule has 0 aliphatic rings. The minimum Gasteiger partial charge on any atom is -0.369 e. The molecular formula is C16H27ClN2O. The molecular weight excluding hydrogens is 272 g/mol. The highest BCUT2D eigenvalue weighted by Crippen LogP contribution is 2.21. The van der Waals surface area contributed by atoms with Crippen molar-refractivity contribution in [2.24, 2.45) is 5.73 Å². The standard InChI is InChI=1S/C16H26N2O.ClH/c1-3-18(4-2)13-9-8-12-15(16(17)19)14-10-6-5-7-11-14;/h5-7,10-11,15H,3-4,8-9,12-13H2,1-2H3,(H2,17,19);1H. The van der Waals surface area contributed by atoms with Crippen molar-refractivity contribution in [3.63, 3.8) is 0 Å². The van der Waals surface area contributed by atoms with Crippen molar-refractivity contribution in [2.45, 2.75) is 39.0 Å². The summed E-state index contributed by atoms with van der Waals surface area (Å²) in [5.41, 5.74) is 6.55. The fourth-order valence-corrected chi connectivity index (χ4v) is 2.38. The van der Waals surface area contributed by atoms with Gasteiger partial charge in [-0.2, -0.15) is 0 Å². The van der Waals surface area contributed by atoms with Crippen LogP contribution in [0.3, 0.4) is 0 Å². The van der Waals surface area contributed by atoms with Crippen LogP contribution in [0.15, 0.2) is 30.3 Å². The van der Waals surface area contributed by atoms with E-state index in [0.29, 0.717) is 0 Å². The van der Waals surface area contributed by atoms with E-state index in [2.05, 4.69) is 18.7 Å². The maximum Gasteiger partial charge on any atom is 0.224 e. The molecule has 1 aromatic rings. The molecule has 4 heteroatoms. The van der Waals surface area contributed by atoms with Crippen LogP contribution in [0.1, 0.15) is 44.6 Å². The predicted octanol–water partition coefficient (Wildman–Crippen LogP) is 3.19. The van der Waals surface area contributed by atoms with E-state index in [0.717, 1.165) is 44.5 Å². The van der Waals surface area contributed by atoms with Gasteiger partial charge in [-0.15, -0.1) is 12.4 Å². The van der Waals surface area contributed by atoms with E-state index in [1.807, 2.05) is 30.3 Å². The molecule has 1 atom stereocenters. The highest BCUT2D eigenvalue weighted by Gasteiger charge is 2.16. The Bertz CT molecular complexity index is 366. The first-order chi connectivity index (χ1) is 9.19. The van der Waals surface area contributed by atoms with Crippen LogP contribution < -0.4 is 5.73 Å². The summed E-state index contributed by atoms with van der Waals surface area (Å²) in [7, 11) is 0. The Kier molecular flexibility index (Phi) is 10.1. The molecule has 1 aromatic carbocycles. The second kappa shape index (κ2) is 10.7. The largest absolute Gasteiger partial charge is 0.369 e. The molecule has 0 aliphatic carbocycles. The first kappa shape index (κ1) is 18.9.